The van der Waals surface area contributed by atoms with Gasteiger partial charge in [-0.3, -0.25) is 0 Å². The molecule has 0 N–H and O–H groups in total. The first kappa shape index (κ1) is 82.9. The van der Waals surface area contributed by atoms with Crippen LogP contribution in [-0.2, 0) is 31.8 Å². The smallest absolute Gasteiger partial charge is 0.363 e. The fraction of sp³-hybridized carbons (Fsp3) is 0.224. The number of methoxy groups -OCH3 is 8. The van der Waals surface area contributed by atoms with Crippen LogP contribution in [0.5, 0.6) is 86.2 Å². The van der Waals surface area contributed by atoms with Gasteiger partial charge in [-0.2, -0.15) is 0 Å². The first-order valence-electron chi connectivity index (χ1n) is 39.0. The molecule has 0 amide bonds. The summed E-state index contributed by atoms with van der Waals surface area (Å²) in [7, 11) is 12.6. The van der Waals surface area contributed by atoms with Crippen molar-refractivity contribution in [3.8, 4) is 97.4 Å². The highest BCUT2D eigenvalue weighted by Gasteiger charge is 2.33. The largest absolute Gasteiger partial charge is 0.497 e. The van der Waals surface area contributed by atoms with Crippen molar-refractivity contribution in [2.45, 2.75) is 66.5 Å². The van der Waals surface area contributed by atoms with Gasteiger partial charge in [-0.05, 0) is 219 Å². The molecule has 1 aromatic heterocycles. The van der Waals surface area contributed by atoms with E-state index in [0.717, 1.165) is 92.8 Å². The number of ether oxygens (including phenoxy) is 15. The van der Waals surface area contributed by atoms with Gasteiger partial charge in [0, 0.05) is 84.9 Å². The lowest BCUT2D eigenvalue weighted by Crippen LogP contribution is -2.25. The molecule has 13 aromatic rings. The summed E-state index contributed by atoms with van der Waals surface area (Å²) < 4.78 is 95.3. The van der Waals surface area contributed by atoms with Crippen molar-refractivity contribution >= 4 is 51.2 Å². The van der Waals surface area contributed by atoms with Gasteiger partial charge in [0.25, 0.3) is 0 Å². The van der Waals surface area contributed by atoms with E-state index < -0.39 is 23.3 Å². The highest BCUT2D eigenvalue weighted by atomic mass is 16.6. The molecule has 0 bridgehead atoms. The van der Waals surface area contributed by atoms with E-state index in [4.69, 9.17) is 75.5 Å². The Hall–Kier alpha value is -14.1. The normalized spacial score (nSPS) is 11.1. The number of hydrogen-bond donors (Lipinski definition) is 0. The molecular weight excluding hydrogens is 1510 g/mol. The van der Waals surface area contributed by atoms with Crippen molar-refractivity contribution in [3.63, 3.8) is 0 Å². The molecule has 0 aliphatic rings. The van der Waals surface area contributed by atoms with Crippen molar-refractivity contribution in [2.24, 2.45) is 0 Å². The summed E-state index contributed by atoms with van der Waals surface area (Å²) in [5.41, 5.74) is 9.87. The number of nitrogens with zero attached hydrogens (tertiary/aromatic N) is 2. The zero-order valence-electron chi connectivity index (χ0n) is 68.9. The molecule has 0 aliphatic carbocycles. The van der Waals surface area contributed by atoms with Crippen molar-refractivity contribution in [1.82, 2.24) is 0 Å². The highest BCUT2D eigenvalue weighted by molar-refractivity contribution is 6.13. The van der Waals surface area contributed by atoms with E-state index in [1.54, 1.807) is 160 Å². The van der Waals surface area contributed by atoms with Crippen LogP contribution in [0.3, 0.4) is 0 Å². The molecule has 0 saturated carbocycles. The third kappa shape index (κ3) is 19.6. The molecule has 610 valence electrons. The maximum atomic E-state index is 15.0. The summed E-state index contributed by atoms with van der Waals surface area (Å²) in [6.45, 7) is 14.2. The summed E-state index contributed by atoms with van der Waals surface area (Å²) in [4.78, 5) is 48.7. The summed E-state index contributed by atoms with van der Waals surface area (Å²) in [5, 5.41) is 1.69. The Morgan fingerprint density at radius 1 is 0.303 bits per heavy atom. The molecule has 0 atom stereocenters. The number of fused-ring (bicyclic) bond motifs is 2. The average Bonchev–Trinajstić information content (AvgIpc) is 0.742. The fourth-order valence-electron chi connectivity index (χ4n) is 14.3. The minimum Gasteiger partial charge on any atom is -0.497 e. The van der Waals surface area contributed by atoms with E-state index in [0.29, 0.717) is 97.0 Å². The maximum Gasteiger partial charge on any atom is 0.363 e. The molecule has 0 unspecified atom stereocenters. The molecule has 0 aliphatic heterocycles. The van der Waals surface area contributed by atoms with Crippen LogP contribution in [-0.4, -0.2) is 101 Å². The molecule has 12 aromatic carbocycles. The predicted octanol–water partition coefficient (Wildman–Crippen LogP) is 20.6. The number of anilines is 2. The number of rotatable bonds is 36. The third-order valence-corrected chi connectivity index (χ3v) is 20.8. The van der Waals surface area contributed by atoms with Gasteiger partial charge >= 0.3 is 29.1 Å². The van der Waals surface area contributed by atoms with Gasteiger partial charge in [-0.25, -0.2) is 18.8 Å². The monoisotopic (exact) mass is 1600 g/mol. The molecule has 0 fully saturated rings. The lowest BCUT2D eigenvalue weighted by Gasteiger charge is -2.32. The van der Waals surface area contributed by atoms with Crippen LogP contribution in [0.15, 0.2) is 247 Å². The zero-order valence-corrected chi connectivity index (χ0v) is 68.9. The van der Waals surface area contributed by atoms with Crippen LogP contribution in [0.1, 0.15) is 105 Å². The standard InChI is InChI=1S/C98H95N2O19/c1-14-99(15-2)71-28-36-90-92(50-71)119-93-51-72(100(16-3)17-4)29-37-91(93)94(90)88-20-18-19-21-89(88)97(103)118-75-34-26-70(27-35-75)98(5,68-22-30-73(31-23-68)116-95(101)66-46-84(112-58-62-38-76(104-6)52-77(39-62)105-7)56-85(47-66)113-59-63-40-78(106-8)53-79(41-63)107-9)69-24-32-74(33-25-69)117-96(102)67-48-86(114-60-64-42-80(108-10)54-81(43-64)109-11)57-87(49-67)115-61-65-44-82(110-12)55-83(45-65)111-13/h18-57H,14-17,58-61H2,1-13H3/q+1. The molecule has 21 heteroatoms. The number of carbonyl (C=O) groups is 3. The lowest BCUT2D eigenvalue weighted by molar-refractivity contribution is 0.0724. The number of carbonyl (C=O) groups excluding carboxylic acids is 3. The second-order valence-corrected chi connectivity index (χ2v) is 28.0. The van der Waals surface area contributed by atoms with E-state index in [1.165, 1.54) is 0 Å². The van der Waals surface area contributed by atoms with Crippen LogP contribution in [0.2, 0.25) is 0 Å². The number of benzene rings is 12. The molecule has 0 saturated heterocycles. The van der Waals surface area contributed by atoms with Gasteiger partial charge in [0.05, 0.1) is 96.5 Å². The van der Waals surface area contributed by atoms with E-state index in [-0.39, 0.29) is 49.1 Å². The minimum atomic E-state index is -1.01. The van der Waals surface area contributed by atoms with E-state index >= 15 is 4.79 Å². The van der Waals surface area contributed by atoms with Gasteiger partial charge in [0.2, 0.25) is 0 Å². The quantitative estimate of drug-likeness (QED) is 0.0118. The van der Waals surface area contributed by atoms with Crippen molar-refractivity contribution in [3.05, 3.63) is 298 Å². The molecule has 13 rings (SSSR count). The zero-order chi connectivity index (χ0) is 83.7. The molecule has 0 radical (unpaired) electrons. The molecule has 0 spiro atoms. The molecule has 21 nitrogen and oxygen atoms in total. The van der Waals surface area contributed by atoms with Gasteiger partial charge in [-0.1, -0.05) is 54.6 Å². The van der Waals surface area contributed by atoms with Crippen molar-refractivity contribution in [1.29, 1.82) is 0 Å². The fourth-order valence-corrected chi connectivity index (χ4v) is 14.3. The van der Waals surface area contributed by atoms with Crippen molar-refractivity contribution in [2.75, 3.05) is 92.9 Å². The second-order valence-electron chi connectivity index (χ2n) is 28.0. The Labute approximate surface area is 692 Å². The first-order valence-corrected chi connectivity index (χ1v) is 39.0. The lowest BCUT2D eigenvalue weighted by atomic mass is 9.71. The topological polar surface area (TPSA) is 207 Å². The summed E-state index contributed by atoms with van der Waals surface area (Å²) >= 11 is 0. The van der Waals surface area contributed by atoms with Crippen molar-refractivity contribution < 1.29 is 89.9 Å². The van der Waals surface area contributed by atoms with Gasteiger partial charge in [0.1, 0.15) is 113 Å². The van der Waals surface area contributed by atoms with E-state index in [1.807, 2.05) is 103 Å². The first-order chi connectivity index (χ1) is 57.9. The van der Waals surface area contributed by atoms with E-state index in [2.05, 4.69) is 80.8 Å². The SMILES string of the molecule is CCN(CC)c1ccc2c(-c3ccccc3C(=O)Oc3ccc(C(C)(c4ccc(OC(=O)c5cc(OCc6cc(OC)cc(OC)c6)cc(OCc6cc(OC)cc(OC)c6)c5)cc4)c4ccc(OC(=O)c5cc(OCc6cc(OC)cc(OC)c6)cc(OCc6cc(OC)cc(OC)c6)c5)cc4)cc3)c3ccc(N(CC)CC)cc3[o+]c2c1. The Balaban J connectivity index is 0.823. The van der Waals surface area contributed by atoms with Crippen LogP contribution >= 0.6 is 0 Å². The van der Waals surface area contributed by atoms with Crippen LogP contribution in [0, 0.1) is 0 Å². The predicted molar refractivity (Wildman–Crippen MR) is 459 cm³/mol. The summed E-state index contributed by atoms with van der Waals surface area (Å²) in [5.74, 6) is 4.72. The maximum absolute atomic E-state index is 15.0. The Kier molecular flexibility index (Phi) is 26.6. The summed E-state index contributed by atoms with van der Waals surface area (Å²) in [6.07, 6.45) is 0. The van der Waals surface area contributed by atoms with E-state index in [9.17, 15) is 9.59 Å². The Morgan fingerprint density at radius 2 is 0.580 bits per heavy atom. The number of hydrogen-bond acceptors (Lipinski definition) is 20. The Morgan fingerprint density at radius 3 is 0.866 bits per heavy atom. The molecular formula is C98H95N2O19+. The highest BCUT2D eigenvalue weighted by Crippen LogP contribution is 2.45. The third-order valence-electron chi connectivity index (χ3n) is 20.8. The second kappa shape index (κ2) is 38.1. The van der Waals surface area contributed by atoms with Crippen LogP contribution in [0.25, 0.3) is 33.1 Å². The minimum absolute atomic E-state index is 0.0862. The number of esters is 3. The van der Waals surface area contributed by atoms with Gasteiger partial charge < -0.3 is 80.9 Å². The average molecular weight is 1600 g/mol. The van der Waals surface area contributed by atoms with Gasteiger partial charge in [0.15, 0.2) is 0 Å². The molecule has 1 heterocycles. The van der Waals surface area contributed by atoms with Gasteiger partial charge in [-0.15, -0.1) is 0 Å². The Bertz CT molecular complexity index is 5230. The van der Waals surface area contributed by atoms with Crippen LogP contribution in [0.4, 0.5) is 11.4 Å². The summed E-state index contributed by atoms with van der Waals surface area (Å²) in [6, 6.07) is 73.2. The molecule has 119 heavy (non-hydrogen) atoms. The van der Waals surface area contributed by atoms with Crippen LogP contribution < -0.4 is 80.9 Å².